The van der Waals surface area contributed by atoms with Crippen LogP contribution in [0.2, 0.25) is 5.02 Å². The van der Waals surface area contributed by atoms with E-state index in [-0.39, 0.29) is 24.2 Å². The van der Waals surface area contributed by atoms with Crippen molar-refractivity contribution in [2.75, 3.05) is 68.7 Å². The van der Waals surface area contributed by atoms with Crippen molar-refractivity contribution in [3.63, 3.8) is 0 Å². The van der Waals surface area contributed by atoms with Crippen LogP contribution in [0.3, 0.4) is 0 Å². The van der Waals surface area contributed by atoms with E-state index in [4.69, 9.17) is 31.2 Å². The van der Waals surface area contributed by atoms with Gasteiger partial charge in [0, 0.05) is 88.0 Å². The summed E-state index contributed by atoms with van der Waals surface area (Å²) in [5, 5.41) is 19.4. The fourth-order valence-electron chi connectivity index (χ4n) is 9.68. The standard InChI is InChI=1S/C47H50ClN9O5.C2HF3O2/c1-47(2,33-22-30(25-49)23-34(48)24-33)32-6-8-37(9-7-32)62-29-35-12-15-50-46(51-35)55-16-13-36(14-17-55)56-27-31(28-56)26-53-18-20-54(21-19-53)39-5-3-4-38-42(39)45(61)57(44(38)60)40-10-11-41(58)52-43(40)59;3-2(4,5)1(6)7/h3-9,12,15,22-24,31,36,40H,10-11,13-14,16-21,26-29H2,1-2H3,(H,52,58,59);(H,6,7). The van der Waals surface area contributed by atoms with E-state index in [9.17, 15) is 37.6 Å². The number of carboxylic acid groups (broad SMARTS) is 1. The predicted octanol–water partition coefficient (Wildman–Crippen LogP) is 5.66. The van der Waals surface area contributed by atoms with Crippen LogP contribution >= 0.6 is 11.6 Å². The number of likely N-dealkylation sites (tertiary alicyclic amines) is 1. The third kappa shape index (κ3) is 10.8. The highest BCUT2D eigenvalue weighted by atomic mass is 35.5. The molecule has 16 nitrogen and oxygen atoms in total. The maximum atomic E-state index is 13.6. The molecular formula is C49H51ClF3N9O7. The molecule has 2 N–H and O–H groups in total. The van der Waals surface area contributed by atoms with E-state index in [0.717, 1.165) is 111 Å². The van der Waals surface area contributed by atoms with Gasteiger partial charge in [0.25, 0.3) is 11.8 Å². The molecule has 5 aliphatic rings. The quantitative estimate of drug-likeness (QED) is 0.175. The third-order valence-corrected chi connectivity index (χ3v) is 13.8. The number of piperidine rings is 2. The Morgan fingerprint density at radius 3 is 2.25 bits per heavy atom. The van der Waals surface area contributed by atoms with Gasteiger partial charge in [-0.25, -0.2) is 14.8 Å². The molecule has 0 saturated carbocycles. The molecule has 4 saturated heterocycles. The fraction of sp³-hybridized carbons (Fsp3) is 0.429. The zero-order valence-electron chi connectivity index (χ0n) is 38.0. The number of aromatic nitrogens is 2. The number of halogens is 4. The smallest absolute Gasteiger partial charge is 0.487 e. The first-order valence-corrected chi connectivity index (χ1v) is 23.1. The van der Waals surface area contributed by atoms with Gasteiger partial charge >= 0.3 is 12.1 Å². The third-order valence-electron chi connectivity index (χ3n) is 13.6. The van der Waals surface area contributed by atoms with Crippen molar-refractivity contribution >= 4 is 52.8 Å². The summed E-state index contributed by atoms with van der Waals surface area (Å²) in [6.07, 6.45) is -0.910. The van der Waals surface area contributed by atoms with E-state index in [2.05, 4.69) is 61.9 Å². The summed E-state index contributed by atoms with van der Waals surface area (Å²) >= 11 is 6.31. The number of amides is 4. The Balaban J connectivity index is 0.000000853. The summed E-state index contributed by atoms with van der Waals surface area (Å²) < 4.78 is 37.9. The van der Waals surface area contributed by atoms with E-state index >= 15 is 0 Å². The van der Waals surface area contributed by atoms with Crippen molar-refractivity contribution < 1.29 is 47.0 Å². The first-order valence-electron chi connectivity index (χ1n) is 22.8. The minimum atomic E-state index is -5.08. The second-order valence-electron chi connectivity index (χ2n) is 18.4. The molecule has 4 amide bonds. The summed E-state index contributed by atoms with van der Waals surface area (Å²) in [6, 6.07) is 22.5. The number of imide groups is 2. The number of rotatable bonds is 11. The van der Waals surface area contributed by atoms with Crippen molar-refractivity contribution in [1.29, 1.82) is 5.26 Å². The van der Waals surface area contributed by atoms with Crippen LogP contribution < -0.4 is 19.9 Å². The summed E-state index contributed by atoms with van der Waals surface area (Å²) in [6.45, 7) is 12.8. The number of fused-ring (bicyclic) bond motifs is 1. The highest BCUT2D eigenvalue weighted by molar-refractivity contribution is 6.30. The summed E-state index contributed by atoms with van der Waals surface area (Å²) in [4.78, 5) is 80.2. The van der Waals surface area contributed by atoms with Gasteiger partial charge in [0.05, 0.1) is 34.1 Å². The Labute approximate surface area is 401 Å². The van der Waals surface area contributed by atoms with Crippen molar-refractivity contribution in [1.82, 2.24) is 30.0 Å². The van der Waals surface area contributed by atoms with Crippen LogP contribution in [0.4, 0.5) is 24.8 Å². The zero-order chi connectivity index (χ0) is 49.2. The van der Waals surface area contributed by atoms with Crippen LogP contribution in [0, 0.1) is 17.2 Å². The van der Waals surface area contributed by atoms with Gasteiger partial charge < -0.3 is 19.6 Å². The summed E-state index contributed by atoms with van der Waals surface area (Å²) in [5.41, 5.74) is 4.48. The Morgan fingerprint density at radius 2 is 1.59 bits per heavy atom. The van der Waals surface area contributed by atoms with Crippen molar-refractivity contribution in [2.24, 2.45) is 5.92 Å². The molecule has 3 aromatic carbocycles. The van der Waals surface area contributed by atoms with Crippen molar-refractivity contribution in [3.8, 4) is 11.8 Å². The van der Waals surface area contributed by atoms with Crippen LogP contribution in [0.15, 0.2) is 72.9 Å². The van der Waals surface area contributed by atoms with E-state index in [0.29, 0.717) is 40.3 Å². The number of alkyl halides is 3. The van der Waals surface area contributed by atoms with Gasteiger partial charge in [-0.15, -0.1) is 0 Å². The van der Waals surface area contributed by atoms with Crippen LogP contribution in [-0.4, -0.2) is 137 Å². The normalized spacial score (nSPS) is 19.6. The molecule has 1 unspecified atom stereocenters. The number of nitrogens with one attached hydrogen (secondary N) is 1. The average molecular weight is 970 g/mol. The lowest BCUT2D eigenvalue weighted by Crippen LogP contribution is -2.59. The summed E-state index contributed by atoms with van der Waals surface area (Å²) in [5.74, 6) is -2.57. The molecule has 9 rings (SSSR count). The van der Waals surface area contributed by atoms with Gasteiger partial charge in [0.15, 0.2) is 0 Å². The molecule has 0 radical (unpaired) electrons. The predicted molar refractivity (Wildman–Crippen MR) is 247 cm³/mol. The Kier molecular flexibility index (Phi) is 14.3. The zero-order valence-corrected chi connectivity index (χ0v) is 38.8. The van der Waals surface area contributed by atoms with Gasteiger partial charge in [-0.1, -0.05) is 43.6 Å². The van der Waals surface area contributed by atoms with E-state index in [1.807, 2.05) is 42.6 Å². The highest BCUT2D eigenvalue weighted by Crippen LogP contribution is 2.37. The van der Waals surface area contributed by atoms with Gasteiger partial charge in [0.1, 0.15) is 18.4 Å². The lowest BCUT2D eigenvalue weighted by atomic mass is 9.78. The average Bonchev–Trinajstić information content (AvgIpc) is 3.57. The Morgan fingerprint density at radius 1 is 0.899 bits per heavy atom. The number of ether oxygens (including phenoxy) is 1. The minimum absolute atomic E-state index is 0.0953. The molecule has 362 valence electrons. The number of piperazine rings is 1. The molecule has 1 aromatic heterocycles. The topological polar surface area (TPSA) is 193 Å². The molecule has 0 bridgehead atoms. The number of carbonyl (C=O) groups excluding carboxylic acids is 4. The van der Waals surface area contributed by atoms with E-state index < -0.39 is 35.9 Å². The van der Waals surface area contributed by atoms with Crippen LogP contribution in [0.5, 0.6) is 5.75 Å². The lowest BCUT2D eigenvalue weighted by Gasteiger charge is -2.49. The number of aliphatic carboxylic acids is 1. The number of nitriles is 1. The van der Waals surface area contributed by atoms with Crippen LogP contribution in [0.1, 0.15) is 82.6 Å². The second kappa shape index (κ2) is 20.2. The molecule has 1 atom stereocenters. The van der Waals surface area contributed by atoms with Gasteiger partial charge in [-0.2, -0.15) is 18.4 Å². The summed E-state index contributed by atoms with van der Waals surface area (Å²) in [7, 11) is 0. The maximum absolute atomic E-state index is 13.6. The van der Waals surface area contributed by atoms with Gasteiger partial charge in [-0.3, -0.25) is 39.2 Å². The molecule has 5 aliphatic heterocycles. The maximum Gasteiger partial charge on any atom is 0.490 e. The second-order valence-corrected chi connectivity index (χ2v) is 18.8. The molecule has 0 aliphatic carbocycles. The molecular weight excluding hydrogens is 919 g/mol. The molecule has 0 spiro atoms. The SMILES string of the molecule is CC(C)(c1ccc(OCc2ccnc(N3CCC(N4CC(CN5CCN(c6cccc7c6C(=O)N(C6CCC(=O)NC6=O)C7=O)CC5)C4)CC3)n2)cc1)c1cc(Cl)cc(C#N)c1.O=C(O)C(F)(F)F. The molecule has 69 heavy (non-hydrogen) atoms. The van der Waals surface area contributed by atoms with Gasteiger partial charge in [0.2, 0.25) is 17.8 Å². The molecule has 4 aromatic rings. The largest absolute Gasteiger partial charge is 0.490 e. The van der Waals surface area contributed by atoms with Gasteiger partial charge in [-0.05, 0) is 84.8 Å². The van der Waals surface area contributed by atoms with Crippen molar-refractivity contribution in [3.05, 3.63) is 111 Å². The molecule has 4 fully saturated rings. The van der Waals surface area contributed by atoms with Crippen LogP contribution in [-0.2, 0) is 26.4 Å². The minimum Gasteiger partial charge on any atom is -0.487 e. The number of carbonyl (C=O) groups is 5. The Bertz CT molecular complexity index is 2660. The number of nitrogens with zero attached hydrogens (tertiary/aromatic N) is 8. The number of anilines is 2. The Hall–Kier alpha value is -6.62. The number of carboxylic acids is 1. The first kappa shape index (κ1) is 48.8. The van der Waals surface area contributed by atoms with Crippen LogP contribution in [0.25, 0.3) is 0 Å². The number of hydrogen-bond acceptors (Lipinski definition) is 13. The highest BCUT2D eigenvalue weighted by Gasteiger charge is 2.46. The molecule has 6 heterocycles. The number of hydrogen-bond donors (Lipinski definition) is 2. The first-order chi connectivity index (χ1) is 32.9. The fourth-order valence-corrected chi connectivity index (χ4v) is 9.91. The van der Waals surface area contributed by atoms with E-state index in [1.165, 1.54) is 0 Å². The van der Waals surface area contributed by atoms with Crippen molar-refractivity contribution in [2.45, 2.75) is 69.8 Å². The molecule has 20 heteroatoms. The number of benzene rings is 3. The van der Waals surface area contributed by atoms with E-state index in [1.54, 1.807) is 18.2 Å². The monoisotopic (exact) mass is 969 g/mol. The lowest BCUT2D eigenvalue weighted by molar-refractivity contribution is -0.192.